The summed E-state index contributed by atoms with van der Waals surface area (Å²) in [4.78, 5) is 5.08. The number of nitrogens with one attached hydrogen (secondary N) is 1. The van der Waals surface area contributed by atoms with Gasteiger partial charge in [0.25, 0.3) is 0 Å². The van der Waals surface area contributed by atoms with E-state index in [1.807, 2.05) is 23.5 Å². The lowest BCUT2D eigenvalue weighted by Crippen LogP contribution is -2.45. The first-order valence-electron chi connectivity index (χ1n) is 7.83. The van der Waals surface area contributed by atoms with Gasteiger partial charge in [0.2, 0.25) is 0 Å². The van der Waals surface area contributed by atoms with Crippen molar-refractivity contribution >= 4 is 28.7 Å². The molecule has 2 atom stereocenters. The molecule has 0 aromatic rings. The Labute approximate surface area is 126 Å². The smallest absolute Gasteiger partial charge is 0.157 e. The molecule has 1 aliphatic heterocycles. The quantitative estimate of drug-likeness (QED) is 0.832. The largest absolute Gasteiger partial charge is 0.359 e. The Morgan fingerprint density at radius 2 is 1.95 bits per heavy atom. The average Bonchev–Trinajstić information content (AvgIpc) is 2.83. The zero-order valence-electron chi connectivity index (χ0n) is 12.0. The Hall–Kier alpha value is 0.170. The van der Waals surface area contributed by atoms with Crippen LogP contribution in [0.3, 0.4) is 0 Å². The standard InChI is InChI=1S/C15H26N2S2/c1-18-13-8-4-3-7-12(13)16-14-17-15(11-19-14)9-5-2-6-10-15/h12-13H,2-11H2,1H3,(H,16,17). The molecule has 2 saturated carbocycles. The zero-order chi connectivity index (χ0) is 13.1. The van der Waals surface area contributed by atoms with E-state index >= 15 is 0 Å². The first-order valence-corrected chi connectivity index (χ1v) is 10.1. The molecule has 19 heavy (non-hydrogen) atoms. The molecule has 1 saturated heterocycles. The minimum absolute atomic E-state index is 0.408. The predicted molar refractivity (Wildman–Crippen MR) is 88.4 cm³/mol. The highest BCUT2D eigenvalue weighted by Gasteiger charge is 2.38. The maximum atomic E-state index is 5.08. The van der Waals surface area contributed by atoms with Crippen LogP contribution in [0.5, 0.6) is 0 Å². The Kier molecular flexibility index (Phi) is 4.68. The number of rotatable bonds is 2. The number of hydrogen-bond donors (Lipinski definition) is 1. The van der Waals surface area contributed by atoms with Gasteiger partial charge < -0.3 is 5.32 Å². The van der Waals surface area contributed by atoms with E-state index in [0.29, 0.717) is 11.6 Å². The van der Waals surface area contributed by atoms with Gasteiger partial charge in [-0.2, -0.15) is 11.8 Å². The second kappa shape index (κ2) is 6.30. The Morgan fingerprint density at radius 1 is 1.16 bits per heavy atom. The predicted octanol–water partition coefficient (Wildman–Crippen LogP) is 4.06. The van der Waals surface area contributed by atoms with Crippen LogP contribution in [0.4, 0.5) is 0 Å². The van der Waals surface area contributed by atoms with Gasteiger partial charge in [-0.05, 0) is 31.9 Å². The highest BCUT2D eigenvalue weighted by molar-refractivity contribution is 8.14. The van der Waals surface area contributed by atoms with Gasteiger partial charge >= 0.3 is 0 Å². The minimum Gasteiger partial charge on any atom is -0.359 e. The van der Waals surface area contributed by atoms with Gasteiger partial charge in [0.05, 0.1) is 6.04 Å². The zero-order valence-corrected chi connectivity index (χ0v) is 13.6. The number of thioether (sulfide) groups is 2. The molecular weight excluding hydrogens is 272 g/mol. The molecule has 1 N–H and O–H groups in total. The number of aliphatic imine (C=N–C) groups is 1. The van der Waals surface area contributed by atoms with E-state index in [9.17, 15) is 0 Å². The molecule has 1 spiro atoms. The van der Waals surface area contributed by atoms with Crippen molar-refractivity contribution in [2.75, 3.05) is 12.0 Å². The van der Waals surface area contributed by atoms with Crippen molar-refractivity contribution in [3.05, 3.63) is 0 Å². The van der Waals surface area contributed by atoms with E-state index in [1.165, 1.54) is 68.7 Å². The fraction of sp³-hybridized carbons (Fsp3) is 0.933. The van der Waals surface area contributed by atoms with Crippen LogP contribution in [0.25, 0.3) is 0 Å². The molecule has 2 unspecified atom stereocenters. The van der Waals surface area contributed by atoms with Gasteiger partial charge in [-0.25, -0.2) is 0 Å². The molecule has 0 bridgehead atoms. The summed E-state index contributed by atoms with van der Waals surface area (Å²) in [5, 5.41) is 5.82. The van der Waals surface area contributed by atoms with E-state index in [1.54, 1.807) is 0 Å². The maximum Gasteiger partial charge on any atom is 0.157 e. The van der Waals surface area contributed by atoms with Gasteiger partial charge in [0.15, 0.2) is 5.17 Å². The lowest BCUT2D eigenvalue weighted by molar-refractivity contribution is 0.303. The third kappa shape index (κ3) is 3.26. The van der Waals surface area contributed by atoms with Crippen molar-refractivity contribution in [2.24, 2.45) is 4.99 Å². The van der Waals surface area contributed by atoms with Crippen molar-refractivity contribution in [3.63, 3.8) is 0 Å². The molecule has 2 nitrogen and oxygen atoms in total. The lowest BCUT2D eigenvalue weighted by atomic mass is 9.83. The normalized spacial score (nSPS) is 36.6. The molecule has 3 rings (SSSR count). The summed E-state index contributed by atoms with van der Waals surface area (Å²) in [6, 6.07) is 0.567. The highest BCUT2D eigenvalue weighted by Crippen LogP contribution is 2.37. The van der Waals surface area contributed by atoms with Crippen molar-refractivity contribution in [1.29, 1.82) is 0 Å². The number of nitrogens with zero attached hydrogens (tertiary/aromatic N) is 1. The summed E-state index contributed by atoms with van der Waals surface area (Å²) < 4.78 is 0. The first-order chi connectivity index (χ1) is 9.31. The summed E-state index contributed by atoms with van der Waals surface area (Å²) in [5.41, 5.74) is 0.408. The van der Waals surface area contributed by atoms with Crippen LogP contribution in [0.1, 0.15) is 57.8 Å². The van der Waals surface area contributed by atoms with E-state index < -0.39 is 0 Å². The van der Waals surface area contributed by atoms with Gasteiger partial charge in [-0.3, -0.25) is 4.99 Å². The number of hydrogen-bond acceptors (Lipinski definition) is 3. The van der Waals surface area contributed by atoms with Crippen LogP contribution in [0.2, 0.25) is 0 Å². The third-order valence-corrected chi connectivity index (χ3v) is 7.25. The van der Waals surface area contributed by atoms with E-state index in [2.05, 4.69) is 11.6 Å². The summed E-state index contributed by atoms with van der Waals surface area (Å²) >= 11 is 4.00. The Balaban J connectivity index is 1.64. The van der Waals surface area contributed by atoms with Crippen LogP contribution in [0, 0.1) is 0 Å². The van der Waals surface area contributed by atoms with Crippen molar-refractivity contribution in [3.8, 4) is 0 Å². The van der Waals surface area contributed by atoms with E-state index in [0.717, 1.165) is 5.25 Å². The topological polar surface area (TPSA) is 24.4 Å². The SMILES string of the molecule is CSC1CCCCC1N=C1NC2(CCCCC2)CS1. The van der Waals surface area contributed by atoms with Crippen LogP contribution in [-0.2, 0) is 0 Å². The molecule has 0 aromatic heterocycles. The summed E-state index contributed by atoms with van der Waals surface area (Å²) in [6.45, 7) is 0. The molecule has 0 aromatic carbocycles. The highest BCUT2D eigenvalue weighted by atomic mass is 32.2. The molecule has 2 aliphatic carbocycles. The molecule has 0 amide bonds. The van der Waals surface area contributed by atoms with Crippen molar-refractivity contribution in [2.45, 2.75) is 74.6 Å². The molecule has 1 heterocycles. The summed E-state index contributed by atoms with van der Waals surface area (Å²) in [6.07, 6.45) is 14.6. The molecule has 0 radical (unpaired) electrons. The van der Waals surface area contributed by atoms with Crippen LogP contribution < -0.4 is 5.32 Å². The third-order valence-electron chi connectivity index (χ3n) is 4.92. The molecule has 3 aliphatic rings. The molecule has 3 fully saturated rings. The van der Waals surface area contributed by atoms with Crippen LogP contribution >= 0.6 is 23.5 Å². The van der Waals surface area contributed by atoms with Gasteiger partial charge in [-0.1, -0.05) is 43.9 Å². The van der Waals surface area contributed by atoms with Crippen molar-refractivity contribution in [1.82, 2.24) is 5.32 Å². The van der Waals surface area contributed by atoms with Crippen LogP contribution in [0.15, 0.2) is 4.99 Å². The van der Waals surface area contributed by atoms with E-state index in [-0.39, 0.29) is 0 Å². The summed E-state index contributed by atoms with van der Waals surface area (Å²) in [5.74, 6) is 1.25. The molecule has 108 valence electrons. The maximum absolute atomic E-state index is 5.08. The second-order valence-electron chi connectivity index (χ2n) is 6.31. The van der Waals surface area contributed by atoms with Gasteiger partial charge in [0, 0.05) is 16.5 Å². The van der Waals surface area contributed by atoms with Crippen LogP contribution in [-0.4, -0.2) is 34.0 Å². The second-order valence-corrected chi connectivity index (χ2v) is 8.36. The lowest BCUT2D eigenvalue weighted by Gasteiger charge is -2.33. The van der Waals surface area contributed by atoms with Crippen molar-refractivity contribution < 1.29 is 0 Å². The molecule has 4 heteroatoms. The monoisotopic (exact) mass is 298 g/mol. The van der Waals surface area contributed by atoms with Gasteiger partial charge in [-0.15, -0.1) is 0 Å². The number of amidine groups is 1. The fourth-order valence-corrected chi connectivity index (χ4v) is 5.91. The Bertz CT molecular complexity index is 337. The average molecular weight is 299 g/mol. The fourth-order valence-electron chi connectivity index (χ4n) is 3.72. The molecular formula is C15H26N2S2. The minimum atomic E-state index is 0.408. The first kappa shape index (κ1) is 14.1. The van der Waals surface area contributed by atoms with Gasteiger partial charge in [0.1, 0.15) is 0 Å². The summed E-state index contributed by atoms with van der Waals surface area (Å²) in [7, 11) is 0. The van der Waals surface area contributed by atoms with E-state index in [4.69, 9.17) is 4.99 Å². The Morgan fingerprint density at radius 3 is 2.74 bits per heavy atom.